The molecular formula is C18H37NO3. The van der Waals surface area contributed by atoms with Gasteiger partial charge in [-0.05, 0) is 19.9 Å². The van der Waals surface area contributed by atoms with Crippen LogP contribution in [-0.4, -0.2) is 40.9 Å². The highest BCUT2D eigenvalue weighted by Gasteiger charge is 2.11. The molecule has 0 aliphatic heterocycles. The maximum Gasteiger partial charge on any atom is 0.304 e. The summed E-state index contributed by atoms with van der Waals surface area (Å²) in [6.07, 6.45) is 14.6. The van der Waals surface area contributed by atoms with Gasteiger partial charge in [-0.2, -0.15) is 0 Å². The van der Waals surface area contributed by atoms with E-state index < -0.39 is 12.2 Å². The Kier molecular flexibility index (Phi) is 14.9. The fourth-order valence-electron chi connectivity index (χ4n) is 2.63. The van der Waals surface area contributed by atoms with E-state index in [1.807, 2.05) is 0 Å². The number of aliphatic hydroxyl groups excluding tert-OH is 1. The molecule has 22 heavy (non-hydrogen) atoms. The molecular weight excluding hydrogens is 278 g/mol. The second-order valence-electron chi connectivity index (χ2n) is 6.43. The van der Waals surface area contributed by atoms with Crippen LogP contribution < -0.4 is 0 Å². The van der Waals surface area contributed by atoms with Crippen LogP contribution in [0.2, 0.25) is 0 Å². The number of unbranched alkanes of at least 4 members (excludes halogenated alkanes) is 10. The van der Waals surface area contributed by atoms with Gasteiger partial charge in [0.1, 0.15) is 6.23 Å². The van der Waals surface area contributed by atoms with Gasteiger partial charge in [0.2, 0.25) is 0 Å². The number of aliphatic carboxylic acids is 1. The van der Waals surface area contributed by atoms with E-state index in [0.29, 0.717) is 6.54 Å². The van der Waals surface area contributed by atoms with Crippen molar-refractivity contribution in [2.45, 2.75) is 96.6 Å². The lowest BCUT2D eigenvalue weighted by Crippen LogP contribution is -2.33. The van der Waals surface area contributed by atoms with Gasteiger partial charge >= 0.3 is 5.97 Å². The second kappa shape index (κ2) is 15.3. The van der Waals surface area contributed by atoms with E-state index in [1.54, 1.807) is 11.9 Å². The molecule has 0 radical (unpaired) electrons. The smallest absolute Gasteiger partial charge is 0.304 e. The van der Waals surface area contributed by atoms with Crippen molar-refractivity contribution in [1.29, 1.82) is 0 Å². The van der Waals surface area contributed by atoms with Crippen LogP contribution in [0.15, 0.2) is 0 Å². The van der Waals surface area contributed by atoms with E-state index in [1.165, 1.54) is 64.2 Å². The van der Waals surface area contributed by atoms with Crippen LogP contribution >= 0.6 is 0 Å². The first-order valence-electron chi connectivity index (χ1n) is 9.18. The van der Waals surface area contributed by atoms with Gasteiger partial charge in [-0.15, -0.1) is 0 Å². The molecule has 0 aliphatic rings. The number of carboxylic acid groups (broad SMARTS) is 1. The highest BCUT2D eigenvalue weighted by atomic mass is 16.4. The van der Waals surface area contributed by atoms with Crippen LogP contribution in [0, 0.1) is 0 Å². The van der Waals surface area contributed by atoms with E-state index in [-0.39, 0.29) is 6.42 Å². The lowest BCUT2D eigenvalue weighted by atomic mass is 10.0. The molecule has 1 atom stereocenters. The molecule has 4 nitrogen and oxygen atoms in total. The molecule has 0 amide bonds. The summed E-state index contributed by atoms with van der Waals surface area (Å²) in [6.45, 7) is 2.66. The third kappa shape index (κ3) is 14.3. The van der Waals surface area contributed by atoms with Crippen molar-refractivity contribution < 1.29 is 15.0 Å². The van der Waals surface area contributed by atoms with Gasteiger partial charge in [-0.25, -0.2) is 0 Å². The SMILES string of the molecule is CCCCCCCCCCCCCC(O)N(C)CCC(=O)O. The molecule has 0 spiro atoms. The molecule has 0 aliphatic carbocycles. The van der Waals surface area contributed by atoms with Crippen molar-refractivity contribution in [3.05, 3.63) is 0 Å². The lowest BCUT2D eigenvalue weighted by Gasteiger charge is -2.22. The minimum atomic E-state index is -0.811. The van der Waals surface area contributed by atoms with E-state index in [4.69, 9.17) is 5.11 Å². The molecule has 4 heteroatoms. The zero-order chi connectivity index (χ0) is 16.6. The van der Waals surface area contributed by atoms with E-state index in [9.17, 15) is 9.90 Å². The molecule has 0 aromatic heterocycles. The summed E-state index contributed by atoms with van der Waals surface area (Å²) < 4.78 is 0. The molecule has 0 aromatic rings. The molecule has 0 aromatic carbocycles. The summed E-state index contributed by atoms with van der Waals surface area (Å²) in [5.74, 6) is -0.811. The van der Waals surface area contributed by atoms with Gasteiger partial charge < -0.3 is 10.2 Å². The van der Waals surface area contributed by atoms with Crippen LogP contribution in [0.3, 0.4) is 0 Å². The Morgan fingerprint density at radius 3 is 1.82 bits per heavy atom. The molecule has 0 fully saturated rings. The number of carbonyl (C=O) groups is 1. The van der Waals surface area contributed by atoms with Crippen molar-refractivity contribution in [2.75, 3.05) is 13.6 Å². The zero-order valence-electron chi connectivity index (χ0n) is 14.7. The summed E-state index contributed by atoms with van der Waals surface area (Å²) in [5.41, 5.74) is 0. The third-order valence-electron chi connectivity index (χ3n) is 4.25. The molecule has 1 unspecified atom stereocenters. The zero-order valence-corrected chi connectivity index (χ0v) is 14.7. The van der Waals surface area contributed by atoms with E-state index >= 15 is 0 Å². The van der Waals surface area contributed by atoms with Gasteiger partial charge in [0.15, 0.2) is 0 Å². The monoisotopic (exact) mass is 315 g/mol. The highest BCUT2D eigenvalue weighted by Crippen LogP contribution is 2.13. The first-order chi connectivity index (χ1) is 10.6. The average molecular weight is 315 g/mol. The quantitative estimate of drug-likeness (QED) is 0.327. The van der Waals surface area contributed by atoms with Gasteiger partial charge in [0.05, 0.1) is 6.42 Å². The fourth-order valence-corrected chi connectivity index (χ4v) is 2.63. The molecule has 2 N–H and O–H groups in total. The molecule has 0 rings (SSSR count). The van der Waals surface area contributed by atoms with Crippen LogP contribution in [0.4, 0.5) is 0 Å². The van der Waals surface area contributed by atoms with Crippen LogP contribution in [0.5, 0.6) is 0 Å². The Bertz CT molecular complexity index is 259. The topological polar surface area (TPSA) is 60.8 Å². The Morgan fingerprint density at radius 1 is 0.909 bits per heavy atom. The summed E-state index contributed by atoms with van der Waals surface area (Å²) in [7, 11) is 1.78. The van der Waals surface area contributed by atoms with Gasteiger partial charge in [0, 0.05) is 6.54 Å². The standard InChI is InChI=1S/C18H37NO3/c1-3-4-5-6-7-8-9-10-11-12-13-14-17(20)19(2)16-15-18(21)22/h17,20H,3-16H2,1-2H3,(H,21,22). The molecule has 0 bridgehead atoms. The number of aliphatic hydroxyl groups is 1. The summed E-state index contributed by atoms with van der Waals surface area (Å²) in [6, 6.07) is 0. The minimum absolute atomic E-state index is 0.0891. The summed E-state index contributed by atoms with van der Waals surface area (Å²) in [4.78, 5) is 12.2. The first-order valence-corrected chi connectivity index (χ1v) is 9.18. The maximum atomic E-state index is 10.5. The number of carboxylic acids is 1. The number of nitrogens with zero attached hydrogens (tertiary/aromatic N) is 1. The van der Waals surface area contributed by atoms with Crippen molar-refractivity contribution in [3.63, 3.8) is 0 Å². The largest absolute Gasteiger partial charge is 0.481 e. The first kappa shape index (κ1) is 21.4. The molecule has 132 valence electrons. The maximum absolute atomic E-state index is 10.5. The fraction of sp³-hybridized carbons (Fsp3) is 0.944. The van der Waals surface area contributed by atoms with Crippen molar-refractivity contribution >= 4 is 5.97 Å². The average Bonchev–Trinajstić information content (AvgIpc) is 2.49. The van der Waals surface area contributed by atoms with Gasteiger partial charge in [-0.1, -0.05) is 71.1 Å². The molecule has 0 saturated heterocycles. The van der Waals surface area contributed by atoms with Gasteiger partial charge in [-0.3, -0.25) is 9.69 Å². The van der Waals surface area contributed by atoms with Crippen molar-refractivity contribution in [2.24, 2.45) is 0 Å². The molecule has 0 saturated carbocycles. The van der Waals surface area contributed by atoms with Crippen LogP contribution in [-0.2, 0) is 4.79 Å². The predicted molar refractivity (Wildman–Crippen MR) is 92.0 cm³/mol. The lowest BCUT2D eigenvalue weighted by molar-refractivity contribution is -0.137. The highest BCUT2D eigenvalue weighted by molar-refractivity contribution is 5.66. The number of rotatable bonds is 16. The van der Waals surface area contributed by atoms with Crippen molar-refractivity contribution in [1.82, 2.24) is 4.90 Å². The predicted octanol–water partition coefficient (Wildman–Crippen LogP) is 4.41. The molecule has 0 heterocycles. The second-order valence-corrected chi connectivity index (χ2v) is 6.43. The number of hydrogen-bond acceptors (Lipinski definition) is 3. The Morgan fingerprint density at radius 2 is 1.36 bits per heavy atom. The normalized spacial score (nSPS) is 12.7. The van der Waals surface area contributed by atoms with E-state index in [0.717, 1.165) is 12.8 Å². The van der Waals surface area contributed by atoms with Crippen LogP contribution in [0.1, 0.15) is 90.4 Å². The van der Waals surface area contributed by atoms with Gasteiger partial charge in [0.25, 0.3) is 0 Å². The summed E-state index contributed by atoms with van der Waals surface area (Å²) in [5, 5.41) is 18.5. The minimum Gasteiger partial charge on any atom is -0.481 e. The number of hydrogen-bond donors (Lipinski definition) is 2. The van der Waals surface area contributed by atoms with E-state index in [2.05, 4.69) is 6.92 Å². The van der Waals surface area contributed by atoms with Crippen LogP contribution in [0.25, 0.3) is 0 Å². The Hall–Kier alpha value is -0.610. The van der Waals surface area contributed by atoms with Crippen molar-refractivity contribution in [3.8, 4) is 0 Å². The Balaban J connectivity index is 3.29. The summed E-state index contributed by atoms with van der Waals surface area (Å²) >= 11 is 0. The third-order valence-corrected chi connectivity index (χ3v) is 4.25. The Labute approximate surface area is 136 Å².